The molecule has 0 radical (unpaired) electrons. The number of fused-ring (bicyclic) bond motifs is 1. The maximum Gasteiger partial charge on any atom is 0.341 e. The van der Waals surface area contributed by atoms with Crippen molar-refractivity contribution in [3.05, 3.63) is 0 Å². The van der Waals surface area contributed by atoms with Crippen molar-refractivity contribution in [3.63, 3.8) is 0 Å². The van der Waals surface area contributed by atoms with Crippen LogP contribution < -0.4 is 5.32 Å². The van der Waals surface area contributed by atoms with Gasteiger partial charge in [-0.1, -0.05) is 0 Å². The third-order valence-corrected chi connectivity index (χ3v) is 1.93. The summed E-state index contributed by atoms with van der Waals surface area (Å²) in [7, 11) is 0. The number of carbonyl (C=O) groups is 1. The van der Waals surface area contributed by atoms with E-state index >= 15 is 0 Å². The molecule has 0 spiro atoms. The van der Waals surface area contributed by atoms with Gasteiger partial charge in [0.1, 0.15) is 0 Å². The minimum absolute atomic E-state index is 0.0790. The van der Waals surface area contributed by atoms with Gasteiger partial charge in [0.25, 0.3) is 0 Å². The molecule has 0 bridgehead atoms. The van der Waals surface area contributed by atoms with Gasteiger partial charge in [-0.05, 0) is 12.8 Å². The van der Waals surface area contributed by atoms with E-state index in [1.54, 1.807) is 0 Å². The lowest BCUT2D eigenvalue weighted by Crippen LogP contribution is -2.38. The Hall–Kier alpha value is -0.770. The fourth-order valence-corrected chi connectivity index (χ4v) is 1.40. The van der Waals surface area contributed by atoms with Crippen molar-refractivity contribution in [1.82, 2.24) is 10.4 Å². The Balaban J connectivity index is 2.08. The van der Waals surface area contributed by atoms with Crippen LogP contribution in [0.4, 0.5) is 4.79 Å². The van der Waals surface area contributed by atoms with Crippen molar-refractivity contribution in [2.45, 2.75) is 18.9 Å². The number of carbonyl (C=O) groups excluding carboxylic acids is 1. The van der Waals surface area contributed by atoms with E-state index < -0.39 is 0 Å². The Bertz CT molecular complexity index is 160. The molecule has 2 saturated heterocycles. The smallest absolute Gasteiger partial charge is 0.334 e. The number of hydroxylamine groups is 2. The molecule has 4 heteroatoms. The molecule has 1 N–H and O–H groups in total. The van der Waals surface area contributed by atoms with E-state index in [-0.39, 0.29) is 6.03 Å². The highest BCUT2D eigenvalue weighted by Gasteiger charge is 2.33. The Kier molecular flexibility index (Phi) is 1.27. The minimum Gasteiger partial charge on any atom is -0.334 e. The molecule has 2 amide bonds. The number of hydrogen-bond acceptors (Lipinski definition) is 2. The van der Waals surface area contributed by atoms with Crippen LogP contribution >= 0.6 is 0 Å². The first kappa shape index (κ1) is 5.97. The molecule has 0 aromatic carbocycles. The van der Waals surface area contributed by atoms with Gasteiger partial charge >= 0.3 is 6.03 Å². The molecule has 0 aromatic rings. The maximum atomic E-state index is 10.9. The van der Waals surface area contributed by atoms with Gasteiger partial charge in [0.05, 0.1) is 12.6 Å². The summed E-state index contributed by atoms with van der Waals surface area (Å²) in [5, 5.41) is 4.19. The van der Waals surface area contributed by atoms with Crippen molar-refractivity contribution in [1.29, 1.82) is 0 Å². The van der Waals surface area contributed by atoms with Crippen LogP contribution in [0.5, 0.6) is 0 Å². The largest absolute Gasteiger partial charge is 0.341 e. The summed E-state index contributed by atoms with van der Waals surface area (Å²) in [6.07, 6.45) is 2.13. The molecule has 2 fully saturated rings. The van der Waals surface area contributed by atoms with Crippen LogP contribution in [-0.4, -0.2) is 30.3 Å². The lowest BCUT2D eigenvalue weighted by Gasteiger charge is -2.26. The summed E-state index contributed by atoms with van der Waals surface area (Å²) >= 11 is 0. The van der Waals surface area contributed by atoms with Crippen LogP contribution in [-0.2, 0) is 4.84 Å². The fourth-order valence-electron chi connectivity index (χ4n) is 1.40. The van der Waals surface area contributed by atoms with E-state index in [0.717, 1.165) is 19.4 Å². The molecule has 2 aliphatic rings. The fraction of sp³-hybridized carbons (Fsp3) is 0.833. The maximum absolute atomic E-state index is 10.9. The highest BCUT2D eigenvalue weighted by Crippen LogP contribution is 2.17. The van der Waals surface area contributed by atoms with Gasteiger partial charge in [0, 0.05) is 6.54 Å². The molecule has 0 aromatic heterocycles. The van der Waals surface area contributed by atoms with Gasteiger partial charge in [-0.25, -0.2) is 4.79 Å². The second-order valence-corrected chi connectivity index (χ2v) is 2.64. The average molecular weight is 142 g/mol. The third-order valence-electron chi connectivity index (χ3n) is 1.93. The van der Waals surface area contributed by atoms with Crippen molar-refractivity contribution in [3.8, 4) is 0 Å². The first-order chi connectivity index (χ1) is 4.88. The second kappa shape index (κ2) is 2.12. The molecule has 2 heterocycles. The Morgan fingerprint density at radius 1 is 1.70 bits per heavy atom. The highest BCUT2D eigenvalue weighted by molar-refractivity contribution is 5.75. The number of rotatable bonds is 0. The number of amides is 2. The van der Waals surface area contributed by atoms with E-state index in [9.17, 15) is 4.79 Å². The Labute approximate surface area is 59.1 Å². The topological polar surface area (TPSA) is 41.6 Å². The normalized spacial score (nSPS) is 31.8. The molecule has 1 unspecified atom stereocenters. The third kappa shape index (κ3) is 0.759. The van der Waals surface area contributed by atoms with Crippen LogP contribution in [0.1, 0.15) is 12.8 Å². The molecule has 0 aliphatic carbocycles. The zero-order valence-electron chi connectivity index (χ0n) is 5.67. The summed E-state index contributed by atoms with van der Waals surface area (Å²) in [6.45, 7) is 1.43. The summed E-state index contributed by atoms with van der Waals surface area (Å²) in [6, 6.07) is 0.214. The summed E-state index contributed by atoms with van der Waals surface area (Å²) in [5.74, 6) is 0. The minimum atomic E-state index is -0.0790. The van der Waals surface area contributed by atoms with Crippen molar-refractivity contribution in [2.24, 2.45) is 0 Å². The van der Waals surface area contributed by atoms with Crippen molar-refractivity contribution in [2.75, 3.05) is 13.2 Å². The number of nitrogens with one attached hydrogen (secondary N) is 1. The summed E-state index contributed by atoms with van der Waals surface area (Å²) in [5.41, 5.74) is 0. The van der Waals surface area contributed by atoms with Crippen LogP contribution in [0.3, 0.4) is 0 Å². The van der Waals surface area contributed by atoms with Gasteiger partial charge in [0.15, 0.2) is 0 Å². The van der Waals surface area contributed by atoms with Gasteiger partial charge in [-0.3, -0.25) is 4.84 Å². The molecular formula is C6H10N2O2. The van der Waals surface area contributed by atoms with E-state index in [4.69, 9.17) is 4.84 Å². The standard InChI is InChI=1S/C6H10N2O2/c9-6-7-4-5-2-1-3-10-8(5)6/h5H,1-4H2,(H,7,9). The molecule has 2 aliphatic heterocycles. The molecule has 4 nitrogen and oxygen atoms in total. The van der Waals surface area contributed by atoms with Crippen LogP contribution in [0.2, 0.25) is 0 Å². The number of hydrogen-bond donors (Lipinski definition) is 1. The zero-order chi connectivity index (χ0) is 6.97. The molecule has 0 saturated carbocycles. The second-order valence-electron chi connectivity index (χ2n) is 2.64. The molecule has 10 heavy (non-hydrogen) atoms. The van der Waals surface area contributed by atoms with Crippen LogP contribution in [0.25, 0.3) is 0 Å². The van der Waals surface area contributed by atoms with Gasteiger partial charge in [0.2, 0.25) is 0 Å². The molecule has 2 rings (SSSR count). The van der Waals surface area contributed by atoms with Crippen molar-refractivity contribution >= 4 is 6.03 Å². The zero-order valence-corrected chi connectivity index (χ0v) is 5.67. The SMILES string of the molecule is O=C1NCC2CCCON12. The summed E-state index contributed by atoms with van der Waals surface area (Å²) in [4.78, 5) is 16.0. The predicted molar refractivity (Wildman–Crippen MR) is 34.2 cm³/mol. The number of urea groups is 1. The predicted octanol–water partition coefficient (Wildman–Crippen LogP) is 0.106. The van der Waals surface area contributed by atoms with E-state index in [0.29, 0.717) is 12.6 Å². The first-order valence-corrected chi connectivity index (χ1v) is 3.58. The van der Waals surface area contributed by atoms with Gasteiger partial charge in [-0.15, -0.1) is 0 Å². The average Bonchev–Trinajstić information content (AvgIpc) is 2.34. The molecule has 56 valence electrons. The van der Waals surface area contributed by atoms with Crippen LogP contribution in [0, 0.1) is 0 Å². The van der Waals surface area contributed by atoms with Gasteiger partial charge in [-0.2, -0.15) is 5.06 Å². The van der Waals surface area contributed by atoms with Gasteiger partial charge < -0.3 is 5.32 Å². The highest BCUT2D eigenvalue weighted by atomic mass is 16.7. The Morgan fingerprint density at radius 2 is 2.60 bits per heavy atom. The van der Waals surface area contributed by atoms with E-state index in [1.165, 1.54) is 5.06 Å². The van der Waals surface area contributed by atoms with Crippen LogP contribution in [0.15, 0.2) is 0 Å². The first-order valence-electron chi connectivity index (χ1n) is 3.58. The lowest BCUT2D eigenvalue weighted by atomic mass is 10.1. The summed E-state index contributed by atoms with van der Waals surface area (Å²) < 4.78 is 0. The monoisotopic (exact) mass is 142 g/mol. The molecular weight excluding hydrogens is 132 g/mol. The number of nitrogens with zero attached hydrogens (tertiary/aromatic N) is 1. The molecule has 1 atom stereocenters. The quantitative estimate of drug-likeness (QED) is 0.521. The Morgan fingerprint density at radius 3 is 3.40 bits per heavy atom. The van der Waals surface area contributed by atoms with E-state index in [1.807, 2.05) is 0 Å². The lowest BCUT2D eigenvalue weighted by molar-refractivity contribution is -0.154. The van der Waals surface area contributed by atoms with E-state index in [2.05, 4.69) is 5.32 Å². The van der Waals surface area contributed by atoms with Crippen molar-refractivity contribution < 1.29 is 9.63 Å².